The monoisotopic (exact) mass is 154 g/mol. The maximum atomic E-state index is 10.9. The standard InChI is InChI=1S/C8H14N2O/c1-7(11)8-2-4-10(6-9)5-3-8/h6,8-9H,2-5H2,1H3. The van der Waals surface area contributed by atoms with Gasteiger partial charge >= 0.3 is 0 Å². The average molecular weight is 154 g/mol. The molecule has 1 saturated heterocycles. The molecule has 0 aromatic carbocycles. The summed E-state index contributed by atoms with van der Waals surface area (Å²) >= 11 is 0. The number of hydrogen-bond donors (Lipinski definition) is 1. The van der Waals surface area contributed by atoms with Gasteiger partial charge in [0.1, 0.15) is 5.78 Å². The quantitative estimate of drug-likeness (QED) is 0.474. The molecule has 1 aliphatic heterocycles. The van der Waals surface area contributed by atoms with Gasteiger partial charge in [0.05, 0.1) is 6.34 Å². The summed E-state index contributed by atoms with van der Waals surface area (Å²) in [4.78, 5) is 12.9. The van der Waals surface area contributed by atoms with Gasteiger partial charge in [-0.25, -0.2) is 0 Å². The first-order chi connectivity index (χ1) is 5.24. The van der Waals surface area contributed by atoms with Crippen LogP contribution in [0.3, 0.4) is 0 Å². The summed E-state index contributed by atoms with van der Waals surface area (Å²) < 4.78 is 0. The van der Waals surface area contributed by atoms with Crippen molar-refractivity contribution in [2.24, 2.45) is 5.92 Å². The first kappa shape index (κ1) is 8.24. The van der Waals surface area contributed by atoms with Gasteiger partial charge in [-0.1, -0.05) is 0 Å². The van der Waals surface area contributed by atoms with E-state index < -0.39 is 0 Å². The molecule has 1 aliphatic rings. The van der Waals surface area contributed by atoms with Gasteiger partial charge in [-0.3, -0.25) is 10.2 Å². The minimum Gasteiger partial charge on any atom is -0.363 e. The van der Waals surface area contributed by atoms with Crippen molar-refractivity contribution in [1.82, 2.24) is 4.90 Å². The van der Waals surface area contributed by atoms with Crippen LogP contribution in [0.4, 0.5) is 0 Å². The third-order valence-corrected chi connectivity index (χ3v) is 2.29. The van der Waals surface area contributed by atoms with E-state index in [-0.39, 0.29) is 5.92 Å². The number of rotatable bonds is 2. The number of nitrogens with zero attached hydrogens (tertiary/aromatic N) is 1. The lowest BCUT2D eigenvalue weighted by molar-refractivity contribution is -0.121. The third kappa shape index (κ3) is 2.03. The van der Waals surface area contributed by atoms with Crippen LogP contribution in [0.2, 0.25) is 0 Å². The molecule has 0 radical (unpaired) electrons. The molecule has 11 heavy (non-hydrogen) atoms. The third-order valence-electron chi connectivity index (χ3n) is 2.29. The normalized spacial score (nSPS) is 19.9. The van der Waals surface area contributed by atoms with Crippen LogP contribution in [0.5, 0.6) is 0 Å². The summed E-state index contributed by atoms with van der Waals surface area (Å²) in [6.45, 7) is 3.40. The van der Waals surface area contributed by atoms with Gasteiger partial charge in [0.15, 0.2) is 0 Å². The maximum Gasteiger partial charge on any atom is 0.133 e. The molecular formula is C8H14N2O. The van der Waals surface area contributed by atoms with Crippen molar-refractivity contribution in [1.29, 1.82) is 5.41 Å². The zero-order valence-corrected chi connectivity index (χ0v) is 6.84. The fraction of sp³-hybridized carbons (Fsp3) is 0.750. The molecule has 1 rings (SSSR count). The van der Waals surface area contributed by atoms with Gasteiger partial charge in [0.2, 0.25) is 0 Å². The van der Waals surface area contributed by atoms with Crippen molar-refractivity contribution in [3.8, 4) is 0 Å². The van der Waals surface area contributed by atoms with Crippen molar-refractivity contribution in [2.75, 3.05) is 13.1 Å². The maximum absolute atomic E-state index is 10.9. The second kappa shape index (κ2) is 3.51. The zero-order chi connectivity index (χ0) is 8.27. The Hall–Kier alpha value is -0.860. The topological polar surface area (TPSA) is 44.2 Å². The summed E-state index contributed by atoms with van der Waals surface area (Å²) in [5, 5.41) is 6.99. The Morgan fingerprint density at radius 3 is 2.45 bits per heavy atom. The molecule has 0 amide bonds. The SMILES string of the molecule is CC(=O)C1CCN(C=N)CC1. The van der Waals surface area contributed by atoms with Gasteiger partial charge < -0.3 is 4.90 Å². The Kier molecular flexibility index (Phi) is 2.63. The van der Waals surface area contributed by atoms with Crippen LogP contribution in [0.25, 0.3) is 0 Å². The van der Waals surface area contributed by atoms with Crippen LogP contribution in [-0.4, -0.2) is 30.1 Å². The number of carbonyl (C=O) groups excluding carboxylic acids is 1. The van der Waals surface area contributed by atoms with E-state index in [0.29, 0.717) is 5.78 Å². The highest BCUT2D eigenvalue weighted by Crippen LogP contribution is 2.16. The minimum atomic E-state index is 0.256. The number of likely N-dealkylation sites (tertiary alicyclic amines) is 1. The van der Waals surface area contributed by atoms with Crippen LogP contribution in [0.15, 0.2) is 0 Å². The van der Waals surface area contributed by atoms with Crippen molar-refractivity contribution in [2.45, 2.75) is 19.8 Å². The van der Waals surface area contributed by atoms with Crippen molar-refractivity contribution in [3.63, 3.8) is 0 Å². The Balaban J connectivity index is 2.35. The van der Waals surface area contributed by atoms with E-state index in [9.17, 15) is 4.79 Å². The largest absolute Gasteiger partial charge is 0.363 e. The van der Waals surface area contributed by atoms with Gasteiger partial charge in [0.25, 0.3) is 0 Å². The molecule has 0 unspecified atom stereocenters. The summed E-state index contributed by atoms with van der Waals surface area (Å²) in [5.74, 6) is 0.556. The lowest BCUT2D eigenvalue weighted by Crippen LogP contribution is -2.34. The van der Waals surface area contributed by atoms with Gasteiger partial charge in [-0.2, -0.15) is 0 Å². The summed E-state index contributed by atoms with van der Waals surface area (Å²) in [7, 11) is 0. The Bertz CT molecular complexity index is 159. The number of Topliss-reactive ketones (excluding diaryl/α,β-unsaturated/α-hetero) is 1. The van der Waals surface area contributed by atoms with E-state index in [0.717, 1.165) is 25.9 Å². The Labute approximate surface area is 66.9 Å². The first-order valence-electron chi connectivity index (χ1n) is 3.99. The second-order valence-electron chi connectivity index (χ2n) is 3.05. The molecular weight excluding hydrogens is 140 g/mol. The van der Waals surface area contributed by atoms with Crippen LogP contribution < -0.4 is 0 Å². The predicted octanol–water partition coefficient (Wildman–Crippen LogP) is 0.894. The number of carbonyl (C=O) groups is 1. The summed E-state index contributed by atoms with van der Waals surface area (Å²) in [6, 6.07) is 0. The average Bonchev–Trinajstić information content (AvgIpc) is 2.05. The molecule has 62 valence electrons. The molecule has 0 aromatic rings. The fourth-order valence-electron chi connectivity index (χ4n) is 1.44. The molecule has 1 fully saturated rings. The van der Waals surface area contributed by atoms with Crippen LogP contribution in [0.1, 0.15) is 19.8 Å². The zero-order valence-electron chi connectivity index (χ0n) is 6.84. The molecule has 3 nitrogen and oxygen atoms in total. The Morgan fingerprint density at radius 1 is 1.55 bits per heavy atom. The number of hydrogen-bond acceptors (Lipinski definition) is 2. The van der Waals surface area contributed by atoms with E-state index in [2.05, 4.69) is 0 Å². The fourth-order valence-corrected chi connectivity index (χ4v) is 1.44. The molecule has 1 N–H and O–H groups in total. The lowest BCUT2D eigenvalue weighted by atomic mass is 9.94. The van der Waals surface area contributed by atoms with E-state index in [1.165, 1.54) is 6.34 Å². The van der Waals surface area contributed by atoms with E-state index in [4.69, 9.17) is 5.41 Å². The lowest BCUT2D eigenvalue weighted by Gasteiger charge is -2.28. The van der Waals surface area contributed by atoms with Gasteiger partial charge in [-0.15, -0.1) is 0 Å². The highest BCUT2D eigenvalue weighted by atomic mass is 16.1. The predicted molar refractivity (Wildman–Crippen MR) is 43.8 cm³/mol. The molecule has 0 saturated carbocycles. The molecule has 1 heterocycles. The molecule has 0 aliphatic carbocycles. The van der Waals surface area contributed by atoms with E-state index in [1.807, 2.05) is 4.90 Å². The second-order valence-corrected chi connectivity index (χ2v) is 3.05. The van der Waals surface area contributed by atoms with Crippen molar-refractivity contribution >= 4 is 12.1 Å². The number of piperidine rings is 1. The first-order valence-corrected chi connectivity index (χ1v) is 3.99. The van der Waals surface area contributed by atoms with Crippen LogP contribution in [0, 0.1) is 11.3 Å². The molecule has 0 atom stereocenters. The van der Waals surface area contributed by atoms with Crippen LogP contribution >= 0.6 is 0 Å². The molecule has 0 spiro atoms. The van der Waals surface area contributed by atoms with Crippen molar-refractivity contribution < 1.29 is 4.79 Å². The molecule has 3 heteroatoms. The van der Waals surface area contributed by atoms with E-state index in [1.54, 1.807) is 6.92 Å². The Morgan fingerprint density at radius 2 is 2.09 bits per heavy atom. The van der Waals surface area contributed by atoms with Crippen molar-refractivity contribution in [3.05, 3.63) is 0 Å². The number of nitrogens with one attached hydrogen (secondary N) is 1. The summed E-state index contributed by atoms with van der Waals surface area (Å²) in [5.41, 5.74) is 0. The van der Waals surface area contributed by atoms with Crippen LogP contribution in [-0.2, 0) is 4.79 Å². The molecule has 0 bridgehead atoms. The summed E-state index contributed by atoms with van der Waals surface area (Å²) in [6.07, 6.45) is 3.20. The highest BCUT2D eigenvalue weighted by Gasteiger charge is 2.20. The van der Waals surface area contributed by atoms with E-state index >= 15 is 0 Å². The smallest absolute Gasteiger partial charge is 0.133 e. The molecule has 0 aromatic heterocycles. The number of ketones is 1. The minimum absolute atomic E-state index is 0.256. The van der Waals surface area contributed by atoms with Gasteiger partial charge in [0, 0.05) is 19.0 Å². The van der Waals surface area contributed by atoms with Gasteiger partial charge in [-0.05, 0) is 19.8 Å². The highest BCUT2D eigenvalue weighted by molar-refractivity contribution is 5.78.